The van der Waals surface area contributed by atoms with Crippen molar-refractivity contribution < 1.29 is 0 Å². The summed E-state index contributed by atoms with van der Waals surface area (Å²) in [5, 5.41) is 1.21. The zero-order valence-electron chi connectivity index (χ0n) is 10.9. The minimum atomic E-state index is 0.227. The summed E-state index contributed by atoms with van der Waals surface area (Å²) in [6.07, 6.45) is 2.06. The van der Waals surface area contributed by atoms with Crippen molar-refractivity contribution in [3.63, 3.8) is 0 Å². The Balaban J connectivity index is 2.05. The molecule has 104 valence electrons. The molecule has 0 bridgehead atoms. The van der Waals surface area contributed by atoms with Crippen LogP contribution in [0.4, 0.5) is 0 Å². The maximum absolute atomic E-state index is 6.15. The van der Waals surface area contributed by atoms with Crippen LogP contribution in [0.3, 0.4) is 0 Å². The van der Waals surface area contributed by atoms with E-state index in [9.17, 15) is 0 Å². The third kappa shape index (κ3) is 2.45. The number of hydrazine groups is 1. The summed E-state index contributed by atoms with van der Waals surface area (Å²) in [5.41, 5.74) is 6.71. The van der Waals surface area contributed by atoms with Crippen LogP contribution in [0.1, 0.15) is 41.5 Å². The topological polar surface area (TPSA) is 38.0 Å². The molecular weight excluding hydrogens is 291 g/mol. The van der Waals surface area contributed by atoms with E-state index in [1.807, 2.05) is 12.1 Å². The Morgan fingerprint density at radius 1 is 0.950 bits per heavy atom. The molecule has 2 nitrogen and oxygen atoms in total. The predicted molar refractivity (Wildman–Crippen MR) is 84.0 cm³/mol. The maximum atomic E-state index is 6.15. The van der Waals surface area contributed by atoms with Gasteiger partial charge in [0.15, 0.2) is 0 Å². The first-order valence-corrected chi connectivity index (χ1v) is 7.46. The molecule has 0 spiro atoms. The van der Waals surface area contributed by atoms with Crippen molar-refractivity contribution in [2.75, 3.05) is 0 Å². The molecule has 0 amide bonds. The van der Waals surface area contributed by atoms with Gasteiger partial charge in [-0.1, -0.05) is 53.5 Å². The van der Waals surface area contributed by atoms with Crippen LogP contribution < -0.4 is 11.3 Å². The van der Waals surface area contributed by atoms with Gasteiger partial charge in [-0.2, -0.15) is 0 Å². The van der Waals surface area contributed by atoms with Crippen molar-refractivity contribution in [2.45, 2.75) is 24.8 Å². The molecule has 0 aliphatic heterocycles. The van der Waals surface area contributed by atoms with Crippen molar-refractivity contribution in [1.29, 1.82) is 0 Å². The number of nitrogens with one attached hydrogen (secondary N) is 1. The Bertz CT molecular complexity index is 628. The average molecular weight is 307 g/mol. The number of hydrogen-bond donors (Lipinski definition) is 2. The molecule has 1 aliphatic rings. The molecular formula is C16H16Cl2N2. The average Bonchev–Trinajstić information content (AvgIpc) is 2.49. The molecule has 2 aromatic rings. The van der Waals surface area contributed by atoms with E-state index in [0.29, 0.717) is 16.0 Å². The summed E-state index contributed by atoms with van der Waals surface area (Å²) < 4.78 is 0. The van der Waals surface area contributed by atoms with Gasteiger partial charge in [-0.25, -0.2) is 0 Å². The van der Waals surface area contributed by atoms with E-state index in [1.165, 1.54) is 16.7 Å². The first-order valence-electron chi connectivity index (χ1n) is 6.70. The summed E-state index contributed by atoms with van der Waals surface area (Å²) in [4.78, 5) is 0. The Morgan fingerprint density at radius 3 is 2.40 bits per heavy atom. The van der Waals surface area contributed by atoms with Crippen LogP contribution in [0.2, 0.25) is 10.0 Å². The van der Waals surface area contributed by atoms with Crippen molar-refractivity contribution in [1.82, 2.24) is 5.43 Å². The van der Waals surface area contributed by atoms with Gasteiger partial charge in [0.25, 0.3) is 0 Å². The summed E-state index contributed by atoms with van der Waals surface area (Å²) >= 11 is 12.2. The van der Waals surface area contributed by atoms with Gasteiger partial charge in [-0.3, -0.25) is 11.3 Å². The van der Waals surface area contributed by atoms with E-state index >= 15 is 0 Å². The monoisotopic (exact) mass is 306 g/mol. The molecule has 0 heterocycles. The van der Waals surface area contributed by atoms with Crippen molar-refractivity contribution in [2.24, 2.45) is 5.84 Å². The molecule has 0 saturated heterocycles. The van der Waals surface area contributed by atoms with Crippen molar-refractivity contribution in [3.8, 4) is 0 Å². The highest BCUT2D eigenvalue weighted by molar-refractivity contribution is 6.42. The Kier molecular flexibility index (Phi) is 3.99. The van der Waals surface area contributed by atoms with Gasteiger partial charge in [0.2, 0.25) is 0 Å². The molecule has 0 fully saturated rings. The molecule has 2 atom stereocenters. The summed E-state index contributed by atoms with van der Waals surface area (Å²) in [7, 11) is 0. The van der Waals surface area contributed by atoms with Gasteiger partial charge in [-0.05, 0) is 41.7 Å². The fourth-order valence-electron chi connectivity index (χ4n) is 3.04. The summed E-state index contributed by atoms with van der Waals surface area (Å²) in [5.74, 6) is 6.01. The second-order valence-electron chi connectivity index (χ2n) is 5.15. The van der Waals surface area contributed by atoms with Gasteiger partial charge in [-0.15, -0.1) is 0 Å². The predicted octanol–water partition coefficient (Wildman–Crippen LogP) is 4.42. The maximum Gasteiger partial charge on any atom is 0.0595 e. The highest BCUT2D eigenvalue weighted by atomic mass is 35.5. The number of benzene rings is 2. The fourth-order valence-corrected chi connectivity index (χ4v) is 3.34. The molecule has 4 heteroatoms. The van der Waals surface area contributed by atoms with Crippen molar-refractivity contribution in [3.05, 3.63) is 69.2 Å². The van der Waals surface area contributed by atoms with Crippen LogP contribution in [0.25, 0.3) is 0 Å². The zero-order valence-corrected chi connectivity index (χ0v) is 12.5. The van der Waals surface area contributed by atoms with Crippen molar-refractivity contribution >= 4 is 23.2 Å². The van der Waals surface area contributed by atoms with Crippen LogP contribution in [0, 0.1) is 0 Å². The molecule has 3 rings (SSSR count). The van der Waals surface area contributed by atoms with Gasteiger partial charge >= 0.3 is 0 Å². The second kappa shape index (κ2) is 5.74. The highest BCUT2D eigenvalue weighted by Crippen LogP contribution is 2.41. The lowest BCUT2D eigenvalue weighted by Crippen LogP contribution is -2.31. The normalized spacial score (nSPS) is 21.6. The number of rotatable bonds is 2. The second-order valence-corrected chi connectivity index (χ2v) is 5.97. The van der Waals surface area contributed by atoms with Crippen LogP contribution >= 0.6 is 23.2 Å². The molecule has 3 N–H and O–H groups in total. The number of fused-ring (bicyclic) bond motifs is 1. The molecule has 20 heavy (non-hydrogen) atoms. The minimum absolute atomic E-state index is 0.227. The molecule has 0 radical (unpaired) electrons. The smallest absolute Gasteiger partial charge is 0.0595 e. The van der Waals surface area contributed by atoms with E-state index in [1.54, 1.807) is 0 Å². The van der Waals surface area contributed by atoms with Gasteiger partial charge in [0.1, 0.15) is 0 Å². The van der Waals surface area contributed by atoms with E-state index in [0.717, 1.165) is 12.8 Å². The molecule has 0 saturated carbocycles. The SMILES string of the molecule is NNC1CCC(c2ccc(Cl)c(Cl)c2)c2ccccc21. The van der Waals surface area contributed by atoms with Gasteiger partial charge in [0, 0.05) is 12.0 Å². The number of hydrogen-bond acceptors (Lipinski definition) is 2. The van der Waals surface area contributed by atoms with E-state index < -0.39 is 0 Å². The van der Waals surface area contributed by atoms with Crippen LogP contribution in [-0.4, -0.2) is 0 Å². The third-order valence-corrected chi connectivity index (χ3v) is 4.78. The Labute approximate surface area is 128 Å². The van der Waals surface area contributed by atoms with E-state index in [2.05, 4.69) is 35.8 Å². The van der Waals surface area contributed by atoms with Crippen LogP contribution in [-0.2, 0) is 0 Å². The van der Waals surface area contributed by atoms with Crippen LogP contribution in [0.15, 0.2) is 42.5 Å². The third-order valence-electron chi connectivity index (χ3n) is 4.04. The number of halogens is 2. The van der Waals surface area contributed by atoms with Gasteiger partial charge in [0.05, 0.1) is 10.0 Å². The first kappa shape index (κ1) is 13.9. The quantitative estimate of drug-likeness (QED) is 0.636. The van der Waals surface area contributed by atoms with Gasteiger partial charge < -0.3 is 0 Å². The highest BCUT2D eigenvalue weighted by Gasteiger charge is 2.27. The molecule has 2 aromatic carbocycles. The lowest BCUT2D eigenvalue weighted by molar-refractivity contribution is 0.450. The van der Waals surface area contributed by atoms with Crippen LogP contribution in [0.5, 0.6) is 0 Å². The Hall–Kier alpha value is -1.06. The summed E-state index contributed by atoms with van der Waals surface area (Å²) in [6, 6.07) is 14.6. The zero-order chi connectivity index (χ0) is 14.1. The Morgan fingerprint density at radius 2 is 1.70 bits per heavy atom. The summed E-state index contributed by atoms with van der Waals surface area (Å²) in [6.45, 7) is 0. The molecule has 2 unspecified atom stereocenters. The molecule has 1 aliphatic carbocycles. The van der Waals surface area contributed by atoms with E-state index in [-0.39, 0.29) is 6.04 Å². The standard InChI is InChI=1S/C16H16Cl2N2/c17-14-7-5-10(9-15(14)18)11-6-8-16(20-19)13-4-2-1-3-12(11)13/h1-5,7,9,11,16,20H,6,8,19H2. The lowest BCUT2D eigenvalue weighted by Gasteiger charge is -2.31. The van der Waals surface area contributed by atoms with E-state index in [4.69, 9.17) is 29.0 Å². The largest absolute Gasteiger partial charge is 0.271 e. The molecule has 0 aromatic heterocycles. The number of nitrogens with two attached hydrogens (primary N) is 1. The minimum Gasteiger partial charge on any atom is -0.271 e. The first-order chi connectivity index (χ1) is 9.70. The fraction of sp³-hybridized carbons (Fsp3) is 0.250. The lowest BCUT2D eigenvalue weighted by atomic mass is 9.77.